The van der Waals surface area contributed by atoms with Crippen LogP contribution >= 0.6 is 0 Å². The van der Waals surface area contributed by atoms with E-state index in [2.05, 4.69) is 10.1 Å². The lowest BCUT2D eigenvalue weighted by atomic mass is 9.99. The maximum atomic E-state index is 12.7. The van der Waals surface area contributed by atoms with Gasteiger partial charge in [0.05, 0.1) is 13.0 Å². The highest BCUT2D eigenvalue weighted by molar-refractivity contribution is 5.91. The molecule has 2 atom stereocenters. The van der Waals surface area contributed by atoms with E-state index < -0.39 is 42.3 Å². The summed E-state index contributed by atoms with van der Waals surface area (Å²) >= 11 is 0. The van der Waals surface area contributed by atoms with Gasteiger partial charge >= 0.3 is 12.1 Å². The smallest absolute Gasteiger partial charge is 0.394 e. The number of nitrogens with one attached hydrogen (secondary N) is 2. The van der Waals surface area contributed by atoms with Crippen molar-refractivity contribution in [2.75, 3.05) is 13.7 Å². The highest BCUT2D eigenvalue weighted by Crippen LogP contribution is 2.34. The van der Waals surface area contributed by atoms with Gasteiger partial charge in [-0.15, -0.1) is 0 Å². The number of ether oxygens (including phenoxy) is 1. The second kappa shape index (κ2) is 7.09. The first-order valence-electron chi connectivity index (χ1n) is 6.14. The molecule has 1 fully saturated rings. The molecule has 0 radical (unpaired) electrons. The van der Waals surface area contributed by atoms with Crippen molar-refractivity contribution >= 4 is 17.8 Å². The molecule has 1 aliphatic rings. The highest BCUT2D eigenvalue weighted by atomic mass is 19.4. The first-order valence-corrected chi connectivity index (χ1v) is 6.14. The van der Waals surface area contributed by atoms with Crippen LogP contribution in [0.15, 0.2) is 12.2 Å². The quantitative estimate of drug-likeness (QED) is 0.434. The molecule has 1 saturated heterocycles. The average molecular weight is 308 g/mol. The van der Waals surface area contributed by atoms with Gasteiger partial charge in [-0.1, -0.05) is 6.08 Å². The Bertz CT molecular complexity index is 448. The molecule has 0 saturated carbocycles. The van der Waals surface area contributed by atoms with Gasteiger partial charge in [-0.05, 0) is 6.42 Å². The SMILES string of the molecule is COC(=O)/C=C/CCNC(=O)C1NC(=O)CC1C(F)(F)F. The Labute approximate surface area is 118 Å². The lowest BCUT2D eigenvalue weighted by Crippen LogP contribution is -2.48. The number of carbonyl (C=O) groups excluding carboxylic acids is 3. The Hall–Kier alpha value is -2.06. The van der Waals surface area contributed by atoms with E-state index in [1.165, 1.54) is 13.2 Å². The van der Waals surface area contributed by atoms with Crippen LogP contribution < -0.4 is 10.6 Å². The zero-order chi connectivity index (χ0) is 16.0. The van der Waals surface area contributed by atoms with E-state index in [4.69, 9.17) is 0 Å². The molecule has 0 bridgehead atoms. The standard InChI is InChI=1S/C12H15F3N2O4/c1-21-9(19)4-2-3-5-16-11(20)10-7(12(13,14)15)6-8(18)17-10/h2,4,7,10H,3,5-6H2,1H3,(H,16,20)(H,17,18)/b4-2+. The van der Waals surface area contributed by atoms with Gasteiger partial charge in [-0.2, -0.15) is 13.2 Å². The fourth-order valence-corrected chi connectivity index (χ4v) is 1.84. The van der Waals surface area contributed by atoms with Gasteiger partial charge in [-0.25, -0.2) is 4.79 Å². The summed E-state index contributed by atoms with van der Waals surface area (Å²) in [5, 5.41) is 4.30. The van der Waals surface area contributed by atoms with Crippen LogP contribution in [0.2, 0.25) is 0 Å². The molecule has 9 heteroatoms. The largest absolute Gasteiger partial charge is 0.466 e. The molecule has 0 aromatic rings. The maximum Gasteiger partial charge on any atom is 0.394 e. The summed E-state index contributed by atoms with van der Waals surface area (Å²) in [6.45, 7) is 0.0449. The second-order valence-corrected chi connectivity index (χ2v) is 4.40. The number of halogens is 3. The monoisotopic (exact) mass is 308 g/mol. The maximum absolute atomic E-state index is 12.7. The number of esters is 1. The normalized spacial score (nSPS) is 22.2. The number of amides is 2. The predicted molar refractivity (Wildman–Crippen MR) is 64.9 cm³/mol. The van der Waals surface area contributed by atoms with Gasteiger partial charge in [0, 0.05) is 19.0 Å². The Balaban J connectivity index is 2.46. The molecule has 1 rings (SSSR count). The number of hydrogen-bond acceptors (Lipinski definition) is 4. The molecule has 21 heavy (non-hydrogen) atoms. The molecule has 2 N–H and O–H groups in total. The Morgan fingerprint density at radius 1 is 1.48 bits per heavy atom. The molecule has 1 heterocycles. The van der Waals surface area contributed by atoms with Crippen LogP contribution in [-0.2, 0) is 19.1 Å². The summed E-state index contributed by atoms with van der Waals surface area (Å²) in [6.07, 6.45) is -2.56. The second-order valence-electron chi connectivity index (χ2n) is 4.40. The van der Waals surface area contributed by atoms with Gasteiger partial charge in [0.15, 0.2) is 0 Å². The minimum Gasteiger partial charge on any atom is -0.466 e. The average Bonchev–Trinajstić information content (AvgIpc) is 2.80. The van der Waals surface area contributed by atoms with Crippen molar-refractivity contribution in [3.05, 3.63) is 12.2 Å². The van der Waals surface area contributed by atoms with Crippen molar-refractivity contribution in [3.8, 4) is 0 Å². The van der Waals surface area contributed by atoms with E-state index >= 15 is 0 Å². The van der Waals surface area contributed by atoms with Crippen LogP contribution in [0, 0.1) is 5.92 Å². The lowest BCUT2D eigenvalue weighted by Gasteiger charge is -2.20. The van der Waals surface area contributed by atoms with Gasteiger partial charge in [0.1, 0.15) is 6.04 Å². The number of rotatable bonds is 5. The Morgan fingerprint density at radius 3 is 2.71 bits per heavy atom. The van der Waals surface area contributed by atoms with E-state index in [1.807, 2.05) is 5.32 Å². The van der Waals surface area contributed by atoms with Crippen molar-refractivity contribution in [2.24, 2.45) is 5.92 Å². The molecule has 0 aliphatic carbocycles. The predicted octanol–water partition coefficient (Wildman–Crippen LogP) is 0.289. The Kier molecular flexibility index (Phi) is 5.74. The van der Waals surface area contributed by atoms with E-state index in [0.717, 1.165) is 6.08 Å². The van der Waals surface area contributed by atoms with Gasteiger partial charge in [0.25, 0.3) is 0 Å². The fraction of sp³-hybridized carbons (Fsp3) is 0.583. The third-order valence-corrected chi connectivity index (χ3v) is 2.89. The molecule has 2 amide bonds. The van der Waals surface area contributed by atoms with Gasteiger partial charge < -0.3 is 15.4 Å². The molecule has 0 aromatic heterocycles. The molecular weight excluding hydrogens is 293 g/mol. The third-order valence-electron chi connectivity index (χ3n) is 2.89. The summed E-state index contributed by atoms with van der Waals surface area (Å²) in [5.74, 6) is -4.28. The van der Waals surface area contributed by atoms with Gasteiger partial charge in [0.2, 0.25) is 11.8 Å². The minimum absolute atomic E-state index is 0.0449. The van der Waals surface area contributed by atoms with Crippen LogP contribution in [-0.4, -0.2) is 43.7 Å². The number of carbonyl (C=O) groups is 3. The zero-order valence-electron chi connectivity index (χ0n) is 11.2. The minimum atomic E-state index is -4.62. The molecular formula is C12H15F3N2O4. The van der Waals surface area contributed by atoms with Crippen molar-refractivity contribution < 1.29 is 32.3 Å². The van der Waals surface area contributed by atoms with E-state index in [1.54, 1.807) is 0 Å². The number of alkyl halides is 3. The van der Waals surface area contributed by atoms with Crippen LogP contribution in [0.5, 0.6) is 0 Å². The highest BCUT2D eigenvalue weighted by Gasteiger charge is 2.52. The van der Waals surface area contributed by atoms with Crippen molar-refractivity contribution in [1.29, 1.82) is 0 Å². The van der Waals surface area contributed by atoms with E-state index in [0.29, 0.717) is 0 Å². The molecule has 1 aliphatic heterocycles. The number of methoxy groups -OCH3 is 1. The van der Waals surface area contributed by atoms with E-state index in [9.17, 15) is 27.6 Å². The topological polar surface area (TPSA) is 84.5 Å². The molecule has 0 aromatic carbocycles. The van der Waals surface area contributed by atoms with Crippen LogP contribution in [0.1, 0.15) is 12.8 Å². The van der Waals surface area contributed by atoms with Crippen LogP contribution in [0.3, 0.4) is 0 Å². The molecule has 6 nitrogen and oxygen atoms in total. The van der Waals surface area contributed by atoms with Crippen molar-refractivity contribution in [2.45, 2.75) is 25.1 Å². The summed E-state index contributed by atoms with van der Waals surface area (Å²) in [5.41, 5.74) is 0. The third kappa shape index (κ3) is 5.09. The molecule has 0 spiro atoms. The van der Waals surface area contributed by atoms with Crippen molar-refractivity contribution in [3.63, 3.8) is 0 Å². The number of hydrogen-bond donors (Lipinski definition) is 2. The summed E-state index contributed by atoms with van der Waals surface area (Å²) in [7, 11) is 1.20. The molecule has 118 valence electrons. The molecule has 2 unspecified atom stereocenters. The van der Waals surface area contributed by atoms with E-state index in [-0.39, 0.29) is 13.0 Å². The van der Waals surface area contributed by atoms with Crippen molar-refractivity contribution in [1.82, 2.24) is 10.6 Å². The first-order chi connectivity index (χ1) is 9.75. The summed E-state index contributed by atoms with van der Waals surface area (Å²) in [4.78, 5) is 33.4. The summed E-state index contributed by atoms with van der Waals surface area (Å²) in [6, 6.07) is -1.61. The Morgan fingerprint density at radius 2 is 2.14 bits per heavy atom. The van der Waals surface area contributed by atoms with Crippen LogP contribution in [0.25, 0.3) is 0 Å². The van der Waals surface area contributed by atoms with Crippen LogP contribution in [0.4, 0.5) is 13.2 Å². The fourth-order valence-electron chi connectivity index (χ4n) is 1.84. The first kappa shape index (κ1) is 17.0. The summed E-state index contributed by atoms with van der Waals surface area (Å²) < 4.78 is 42.4. The zero-order valence-corrected chi connectivity index (χ0v) is 11.2. The lowest BCUT2D eigenvalue weighted by molar-refractivity contribution is -0.179. The van der Waals surface area contributed by atoms with Gasteiger partial charge in [-0.3, -0.25) is 9.59 Å².